The monoisotopic (exact) mass is 513 g/mol. The summed E-state index contributed by atoms with van der Waals surface area (Å²) in [5.41, 5.74) is 2.89. The molecule has 0 saturated carbocycles. The Labute approximate surface area is 212 Å². The van der Waals surface area contributed by atoms with E-state index in [0.29, 0.717) is 49.6 Å². The molecule has 4 rings (SSSR count). The number of ether oxygens (including phenoxy) is 1. The number of hydrogen-bond acceptors (Lipinski definition) is 5. The first kappa shape index (κ1) is 24.0. The van der Waals surface area contributed by atoms with Gasteiger partial charge in [-0.05, 0) is 80.2 Å². The zero-order chi connectivity index (χ0) is 24.2. The van der Waals surface area contributed by atoms with Crippen molar-refractivity contribution in [1.29, 1.82) is 0 Å². The van der Waals surface area contributed by atoms with Crippen LogP contribution in [0.4, 0.5) is 5.69 Å². The maximum atomic E-state index is 12.5. The predicted octanol–water partition coefficient (Wildman–Crippen LogP) is 7.11. The maximum absolute atomic E-state index is 12.5. The van der Waals surface area contributed by atoms with Crippen molar-refractivity contribution < 1.29 is 13.9 Å². The summed E-state index contributed by atoms with van der Waals surface area (Å²) in [6.07, 6.45) is 1.01. The Morgan fingerprint density at radius 1 is 1.15 bits per heavy atom. The summed E-state index contributed by atoms with van der Waals surface area (Å²) in [4.78, 5) is 17.0. The summed E-state index contributed by atoms with van der Waals surface area (Å²) in [7, 11) is 0. The number of nitrogens with one attached hydrogen (secondary N) is 2. The summed E-state index contributed by atoms with van der Waals surface area (Å²) in [5.74, 6) is 0.746. The molecule has 0 radical (unpaired) electrons. The molecule has 0 spiro atoms. The van der Waals surface area contributed by atoms with Crippen molar-refractivity contribution in [1.82, 2.24) is 10.3 Å². The second-order valence-electron chi connectivity index (χ2n) is 7.57. The minimum Gasteiger partial charge on any atom is -0.491 e. The quantitative estimate of drug-likeness (QED) is 0.267. The molecule has 0 unspecified atom stereocenters. The van der Waals surface area contributed by atoms with E-state index in [0.717, 1.165) is 6.42 Å². The molecule has 3 aromatic carbocycles. The fraction of sp³-hybridized carbons (Fsp3) is 0.160. The lowest BCUT2D eigenvalue weighted by Crippen LogP contribution is -2.34. The number of aromatic nitrogens is 1. The van der Waals surface area contributed by atoms with E-state index in [1.165, 1.54) is 0 Å². The molecular weight excluding hydrogens is 493 g/mol. The number of benzene rings is 3. The SMILES string of the molecule is CC[C@H](C)Oc1ccc(C(=O)NC(=S)Nc2ccc3oc(-c4cccc(Cl)c4Cl)nc3c2)cc1. The summed E-state index contributed by atoms with van der Waals surface area (Å²) >= 11 is 17.7. The molecule has 1 aromatic heterocycles. The molecule has 0 saturated heterocycles. The average Bonchev–Trinajstić information content (AvgIpc) is 3.24. The molecule has 4 aromatic rings. The number of nitrogens with zero attached hydrogens (tertiary/aromatic N) is 1. The number of carbonyl (C=O) groups excluding carboxylic acids is 1. The lowest BCUT2D eigenvalue weighted by atomic mass is 10.2. The number of halogens is 2. The Kier molecular flexibility index (Phi) is 7.36. The van der Waals surface area contributed by atoms with Crippen molar-refractivity contribution in [3.63, 3.8) is 0 Å². The lowest BCUT2D eigenvalue weighted by molar-refractivity contribution is 0.0977. The molecule has 2 N–H and O–H groups in total. The van der Waals surface area contributed by atoms with Gasteiger partial charge in [-0.2, -0.15) is 0 Å². The molecule has 174 valence electrons. The molecular formula is C25H21Cl2N3O3S. The predicted molar refractivity (Wildman–Crippen MR) is 140 cm³/mol. The third-order valence-electron chi connectivity index (χ3n) is 5.08. The molecule has 0 bridgehead atoms. The molecule has 0 aliphatic carbocycles. The van der Waals surface area contributed by atoms with Gasteiger partial charge >= 0.3 is 0 Å². The van der Waals surface area contributed by atoms with E-state index in [9.17, 15) is 4.79 Å². The highest BCUT2D eigenvalue weighted by Gasteiger charge is 2.15. The van der Waals surface area contributed by atoms with Crippen LogP contribution in [0.5, 0.6) is 5.75 Å². The van der Waals surface area contributed by atoms with Crippen LogP contribution < -0.4 is 15.4 Å². The van der Waals surface area contributed by atoms with E-state index in [-0.39, 0.29) is 17.1 Å². The van der Waals surface area contributed by atoms with Crippen LogP contribution in [0, 0.1) is 0 Å². The highest BCUT2D eigenvalue weighted by molar-refractivity contribution is 7.80. The van der Waals surface area contributed by atoms with Crippen molar-refractivity contribution in [2.24, 2.45) is 0 Å². The van der Waals surface area contributed by atoms with E-state index in [4.69, 9.17) is 44.6 Å². The van der Waals surface area contributed by atoms with Crippen LogP contribution in [0.25, 0.3) is 22.6 Å². The van der Waals surface area contributed by atoms with Crippen LogP contribution in [0.3, 0.4) is 0 Å². The Morgan fingerprint density at radius 2 is 1.91 bits per heavy atom. The second kappa shape index (κ2) is 10.4. The topological polar surface area (TPSA) is 76.4 Å². The molecule has 34 heavy (non-hydrogen) atoms. The largest absolute Gasteiger partial charge is 0.491 e. The van der Waals surface area contributed by atoms with Crippen LogP contribution in [0.2, 0.25) is 10.0 Å². The van der Waals surface area contributed by atoms with Gasteiger partial charge < -0.3 is 14.5 Å². The van der Waals surface area contributed by atoms with Crippen molar-refractivity contribution in [2.45, 2.75) is 26.4 Å². The van der Waals surface area contributed by atoms with Gasteiger partial charge in [0, 0.05) is 11.3 Å². The van der Waals surface area contributed by atoms with Crippen LogP contribution in [0.15, 0.2) is 65.1 Å². The Bertz CT molecular complexity index is 1360. The van der Waals surface area contributed by atoms with Gasteiger partial charge in [0.2, 0.25) is 5.89 Å². The van der Waals surface area contributed by atoms with Crippen LogP contribution >= 0.6 is 35.4 Å². The minimum absolute atomic E-state index is 0.108. The van der Waals surface area contributed by atoms with Gasteiger partial charge in [-0.3, -0.25) is 10.1 Å². The molecule has 1 amide bonds. The number of carbonyl (C=O) groups is 1. The molecule has 0 fully saturated rings. The van der Waals surface area contributed by atoms with Gasteiger partial charge in [0.25, 0.3) is 5.91 Å². The standard InChI is InChI=1S/C25H21Cl2N3O3S/c1-3-14(2)32-17-10-7-15(8-11-17)23(31)30-25(34)28-16-9-12-21-20(13-16)29-24(33-21)18-5-4-6-19(26)22(18)27/h4-14H,3H2,1-2H3,(H2,28,30,31,34)/t14-/m0/s1. The Hall–Kier alpha value is -3.13. The Morgan fingerprint density at radius 3 is 2.65 bits per heavy atom. The van der Waals surface area contributed by atoms with Gasteiger partial charge in [0.15, 0.2) is 10.7 Å². The summed E-state index contributed by atoms with van der Waals surface area (Å²) in [5, 5.41) is 6.62. The van der Waals surface area contributed by atoms with Crippen molar-refractivity contribution in [3.8, 4) is 17.2 Å². The molecule has 9 heteroatoms. The number of hydrogen-bond donors (Lipinski definition) is 2. The van der Waals surface area contributed by atoms with Gasteiger partial charge in [-0.1, -0.05) is 36.2 Å². The van der Waals surface area contributed by atoms with E-state index < -0.39 is 0 Å². The molecule has 6 nitrogen and oxygen atoms in total. The minimum atomic E-state index is -0.326. The van der Waals surface area contributed by atoms with E-state index in [2.05, 4.69) is 22.5 Å². The van der Waals surface area contributed by atoms with Gasteiger partial charge in [0.05, 0.1) is 21.7 Å². The first-order valence-electron chi connectivity index (χ1n) is 10.6. The molecule has 0 aliphatic heterocycles. The molecule has 1 heterocycles. The Balaban J connectivity index is 1.42. The number of oxazole rings is 1. The van der Waals surface area contributed by atoms with E-state index in [1.54, 1.807) is 60.7 Å². The van der Waals surface area contributed by atoms with Crippen molar-refractivity contribution >= 4 is 63.2 Å². The number of thiocarbonyl (C=S) groups is 1. The van der Waals surface area contributed by atoms with Crippen molar-refractivity contribution in [2.75, 3.05) is 5.32 Å². The second-order valence-corrected chi connectivity index (χ2v) is 8.77. The third-order valence-corrected chi connectivity index (χ3v) is 6.11. The average molecular weight is 514 g/mol. The summed E-state index contributed by atoms with van der Waals surface area (Å²) < 4.78 is 11.6. The molecule has 1 atom stereocenters. The van der Waals surface area contributed by atoms with E-state index in [1.807, 2.05) is 6.92 Å². The van der Waals surface area contributed by atoms with Crippen LogP contribution in [-0.4, -0.2) is 22.1 Å². The lowest BCUT2D eigenvalue weighted by Gasteiger charge is -2.13. The van der Waals surface area contributed by atoms with Crippen LogP contribution in [0.1, 0.15) is 30.6 Å². The fourth-order valence-electron chi connectivity index (χ4n) is 3.13. The highest BCUT2D eigenvalue weighted by atomic mass is 35.5. The molecule has 0 aliphatic rings. The normalized spacial score (nSPS) is 11.8. The third kappa shape index (κ3) is 5.50. The first-order chi connectivity index (χ1) is 16.3. The van der Waals surface area contributed by atoms with E-state index >= 15 is 0 Å². The van der Waals surface area contributed by atoms with Crippen LogP contribution in [-0.2, 0) is 0 Å². The number of fused-ring (bicyclic) bond motifs is 1. The van der Waals surface area contributed by atoms with Gasteiger partial charge in [-0.25, -0.2) is 4.98 Å². The van der Waals surface area contributed by atoms with Crippen molar-refractivity contribution in [3.05, 3.63) is 76.3 Å². The number of anilines is 1. The summed E-state index contributed by atoms with van der Waals surface area (Å²) in [6, 6.07) is 17.5. The zero-order valence-electron chi connectivity index (χ0n) is 18.4. The number of rotatable bonds is 6. The smallest absolute Gasteiger partial charge is 0.257 e. The van der Waals surface area contributed by atoms with Gasteiger partial charge in [0.1, 0.15) is 11.3 Å². The van der Waals surface area contributed by atoms with Gasteiger partial charge in [-0.15, -0.1) is 0 Å². The first-order valence-corrected chi connectivity index (χ1v) is 11.7. The summed E-state index contributed by atoms with van der Waals surface area (Å²) in [6.45, 7) is 4.04. The zero-order valence-corrected chi connectivity index (χ0v) is 20.7. The fourth-order valence-corrected chi connectivity index (χ4v) is 3.72. The number of amides is 1. The maximum Gasteiger partial charge on any atom is 0.257 e. The highest BCUT2D eigenvalue weighted by Crippen LogP contribution is 2.34.